The van der Waals surface area contributed by atoms with Gasteiger partial charge in [0.25, 0.3) is 0 Å². The highest BCUT2D eigenvalue weighted by Gasteiger charge is 2.03. The van der Waals surface area contributed by atoms with E-state index in [4.69, 9.17) is 5.11 Å². The molecule has 0 radical (unpaired) electrons. The molecule has 0 atom stereocenters. The van der Waals surface area contributed by atoms with E-state index in [1.807, 2.05) is 0 Å². The highest BCUT2D eigenvalue weighted by Crippen LogP contribution is 2.28. The van der Waals surface area contributed by atoms with E-state index in [1.165, 1.54) is 0 Å². The number of carbonyl (C=O) groups is 1. The van der Waals surface area contributed by atoms with Crippen molar-refractivity contribution in [2.24, 2.45) is 0 Å². The zero-order chi connectivity index (χ0) is 8.36. The van der Waals surface area contributed by atoms with Crippen LogP contribution in [0.3, 0.4) is 0 Å². The fourth-order valence-electron chi connectivity index (χ4n) is 0.174. The van der Waals surface area contributed by atoms with E-state index in [-0.39, 0.29) is 0 Å². The molecule has 0 fully saturated rings. The zero-order valence-corrected chi connectivity index (χ0v) is 6.35. The average Bonchev–Trinajstić information content (AvgIpc) is 1.60. The van der Waals surface area contributed by atoms with Crippen LogP contribution in [0.25, 0.3) is 0 Å². The van der Waals surface area contributed by atoms with E-state index in [1.54, 1.807) is 0 Å². The van der Waals surface area contributed by atoms with Crippen LogP contribution in [0.1, 0.15) is 0 Å². The van der Waals surface area contributed by atoms with Gasteiger partial charge >= 0.3 is 5.97 Å². The van der Waals surface area contributed by atoms with Crippen LogP contribution in [0.2, 0.25) is 0 Å². The monoisotopic (exact) mass is 182 g/mol. The summed E-state index contributed by atoms with van der Waals surface area (Å²) in [6.45, 7) is -1.64. The number of hydrogen-bond donors (Lipinski definition) is 1. The minimum atomic E-state index is -4.42. The van der Waals surface area contributed by atoms with Crippen molar-refractivity contribution in [3.8, 4) is 0 Å². The Morgan fingerprint density at radius 1 is 1.70 bits per heavy atom. The van der Waals surface area contributed by atoms with Gasteiger partial charge in [-0.2, -0.15) is 0 Å². The molecule has 0 heterocycles. The molecule has 0 unspecified atom stereocenters. The fourth-order valence-corrected chi connectivity index (χ4v) is 0.792. The first-order valence-corrected chi connectivity index (χ1v) is 4.52. The molecule has 0 rings (SSSR count). The number of rotatable bonds is 3. The van der Waals surface area contributed by atoms with Crippen LogP contribution in [0.15, 0.2) is 12.3 Å². The number of carboxylic acids is 1. The summed E-state index contributed by atoms with van der Waals surface area (Å²) >= 11 is 3.73. The lowest BCUT2D eigenvalue weighted by molar-refractivity contribution is -0.318. The summed E-state index contributed by atoms with van der Waals surface area (Å²) in [5, 5.41) is 8.01. The Bertz CT molecular complexity index is 205. The molecule has 0 spiro atoms. The summed E-state index contributed by atoms with van der Waals surface area (Å²) in [5.74, 6) is -2.45. The Kier molecular flexibility index (Phi) is 2.98. The van der Waals surface area contributed by atoms with Crippen LogP contribution < -0.4 is 9.79 Å². The van der Waals surface area contributed by atoms with Gasteiger partial charge in [-0.3, -0.25) is 0 Å². The van der Waals surface area contributed by atoms with Gasteiger partial charge in [0.05, 0.1) is 0 Å². The molecule has 58 valence electrons. The first-order chi connectivity index (χ1) is 4.33. The molecule has 10 heavy (non-hydrogen) atoms. The molecular formula is C3H3O5PS-2. The van der Waals surface area contributed by atoms with E-state index in [2.05, 4.69) is 22.9 Å². The topological polar surface area (TPSA) is 92.6 Å². The maximum Gasteiger partial charge on any atom is 0.370 e. The van der Waals surface area contributed by atoms with Gasteiger partial charge in [-0.05, 0) is 13.3 Å². The van der Waals surface area contributed by atoms with Crippen LogP contribution in [0.5, 0.6) is 0 Å². The summed E-state index contributed by atoms with van der Waals surface area (Å²) in [6, 6.07) is 0. The van der Waals surface area contributed by atoms with Crippen molar-refractivity contribution >= 4 is 24.5 Å². The van der Waals surface area contributed by atoms with Gasteiger partial charge in [-0.15, -0.1) is 0 Å². The summed E-state index contributed by atoms with van der Waals surface area (Å²) in [7, 11) is 0. The highest BCUT2D eigenvalue weighted by atomic mass is 32.5. The maximum atomic E-state index is 10.0. The van der Waals surface area contributed by atoms with Gasteiger partial charge in [-0.25, -0.2) is 4.79 Å². The summed E-state index contributed by atoms with van der Waals surface area (Å²) in [4.78, 5) is 29.9. The Balaban J connectivity index is 4.07. The second-order valence-corrected chi connectivity index (χ2v) is 3.69. The third kappa shape index (κ3) is 4.46. The van der Waals surface area contributed by atoms with E-state index in [9.17, 15) is 14.6 Å². The number of carboxylic acid groups (broad SMARTS) is 1. The van der Waals surface area contributed by atoms with Crippen LogP contribution in [-0.2, 0) is 21.1 Å². The zero-order valence-electron chi connectivity index (χ0n) is 4.64. The van der Waals surface area contributed by atoms with Crippen molar-refractivity contribution in [1.29, 1.82) is 0 Å². The SMILES string of the molecule is C=C(OP([O-])([O-])=S)C(=O)O. The van der Waals surface area contributed by atoms with Crippen LogP contribution in [0.4, 0.5) is 0 Å². The second kappa shape index (κ2) is 3.12. The van der Waals surface area contributed by atoms with Gasteiger partial charge in [0.15, 0.2) is 5.76 Å². The van der Waals surface area contributed by atoms with Gasteiger partial charge in [0.1, 0.15) is 0 Å². The lowest BCUT2D eigenvalue weighted by Gasteiger charge is -2.33. The average molecular weight is 182 g/mol. The Morgan fingerprint density at radius 3 is 2.20 bits per heavy atom. The molecule has 0 aliphatic rings. The second-order valence-electron chi connectivity index (χ2n) is 1.27. The van der Waals surface area contributed by atoms with E-state index < -0.39 is 18.4 Å². The smallest absolute Gasteiger partial charge is 0.370 e. The van der Waals surface area contributed by atoms with Gasteiger partial charge in [0, 0.05) is 0 Å². The van der Waals surface area contributed by atoms with E-state index in [0.29, 0.717) is 0 Å². The molecule has 0 saturated heterocycles. The van der Waals surface area contributed by atoms with E-state index in [0.717, 1.165) is 0 Å². The third-order valence-corrected chi connectivity index (χ3v) is 1.13. The molecule has 0 aromatic rings. The molecule has 0 bridgehead atoms. The van der Waals surface area contributed by atoms with Gasteiger partial charge in [0.2, 0.25) is 0 Å². The minimum Gasteiger partial charge on any atom is -0.803 e. The quantitative estimate of drug-likeness (QED) is 0.326. The molecule has 1 N–H and O–H groups in total. The van der Waals surface area contributed by atoms with Gasteiger partial charge < -0.3 is 19.4 Å². The maximum absolute atomic E-state index is 10.0. The van der Waals surface area contributed by atoms with Crippen molar-refractivity contribution < 1.29 is 24.2 Å². The normalized spacial score (nSPS) is 10.6. The van der Waals surface area contributed by atoms with Crippen molar-refractivity contribution in [1.82, 2.24) is 0 Å². The first kappa shape index (κ1) is 9.58. The molecular weight excluding hydrogens is 179 g/mol. The number of aliphatic carboxylic acids is 1. The van der Waals surface area contributed by atoms with Crippen LogP contribution in [-0.4, -0.2) is 11.1 Å². The molecule has 0 aliphatic heterocycles. The molecule has 0 amide bonds. The largest absolute Gasteiger partial charge is 0.803 e. The van der Waals surface area contributed by atoms with Crippen molar-refractivity contribution in [3.05, 3.63) is 12.3 Å². The standard InChI is InChI=1S/C3H5O5PS/c1-2(3(4)5)8-9(6,7)10/h1H2,(H,4,5)(H2,6,7,10)/p-2. The molecule has 5 nitrogen and oxygen atoms in total. The van der Waals surface area contributed by atoms with Crippen LogP contribution in [0, 0.1) is 0 Å². The van der Waals surface area contributed by atoms with Gasteiger partial charge in [-0.1, -0.05) is 11.8 Å². The molecule has 7 heteroatoms. The predicted octanol–water partition coefficient (Wildman–Crippen LogP) is -1.45. The summed E-state index contributed by atoms with van der Waals surface area (Å²) in [5.41, 5.74) is 0. The Hall–Kier alpha value is -0.420. The van der Waals surface area contributed by atoms with Crippen molar-refractivity contribution in [2.75, 3.05) is 0 Å². The number of hydrogen-bond acceptors (Lipinski definition) is 5. The summed E-state index contributed by atoms with van der Waals surface area (Å²) < 4.78 is 3.72. The molecule has 0 aromatic heterocycles. The van der Waals surface area contributed by atoms with Crippen LogP contribution >= 0.6 is 6.72 Å². The highest BCUT2D eigenvalue weighted by molar-refractivity contribution is 8.05. The molecule has 0 aliphatic carbocycles. The fraction of sp³-hybridized carbons (Fsp3) is 0. The molecule has 0 aromatic carbocycles. The molecule has 0 saturated carbocycles. The Morgan fingerprint density at radius 2 is 2.10 bits per heavy atom. The summed E-state index contributed by atoms with van der Waals surface area (Å²) in [6.07, 6.45) is 0. The predicted molar refractivity (Wildman–Crippen MR) is 32.1 cm³/mol. The third-order valence-electron chi connectivity index (χ3n) is 0.461. The van der Waals surface area contributed by atoms with E-state index >= 15 is 0 Å². The lowest BCUT2D eigenvalue weighted by atomic mass is 10.6. The van der Waals surface area contributed by atoms with Crippen molar-refractivity contribution in [3.63, 3.8) is 0 Å². The lowest BCUT2D eigenvalue weighted by Crippen LogP contribution is -2.17. The first-order valence-electron chi connectivity index (χ1n) is 1.97. The van der Waals surface area contributed by atoms with Crippen molar-refractivity contribution in [2.45, 2.75) is 0 Å². The Labute approximate surface area is 61.8 Å². The minimum absolute atomic E-state index is 0.895.